The molecule has 0 saturated carbocycles. The lowest BCUT2D eigenvalue weighted by atomic mass is 9.99. The van der Waals surface area contributed by atoms with Gasteiger partial charge in [0.05, 0.1) is 19.3 Å². The van der Waals surface area contributed by atoms with Gasteiger partial charge in [0.2, 0.25) is 0 Å². The van der Waals surface area contributed by atoms with Crippen LogP contribution in [0.1, 0.15) is 30.2 Å². The maximum absolute atomic E-state index is 10.6. The largest absolute Gasteiger partial charge is 0.497 e. The summed E-state index contributed by atoms with van der Waals surface area (Å²) in [5.74, 6) is 0.755. The number of hydrogen-bond acceptors (Lipinski definition) is 4. The minimum Gasteiger partial charge on any atom is -0.497 e. The summed E-state index contributed by atoms with van der Waals surface area (Å²) in [5.41, 5.74) is 1.72. The summed E-state index contributed by atoms with van der Waals surface area (Å²) in [7, 11) is 3.47. The molecule has 0 fully saturated rings. The zero-order chi connectivity index (χ0) is 16.8. The number of benzene rings is 2. The van der Waals surface area contributed by atoms with Gasteiger partial charge in [0.25, 0.3) is 0 Å². The molecule has 3 atom stereocenters. The molecule has 0 radical (unpaired) electrons. The van der Waals surface area contributed by atoms with Gasteiger partial charge in [0.1, 0.15) is 11.8 Å². The molecule has 1 unspecified atom stereocenters. The van der Waals surface area contributed by atoms with E-state index in [1.54, 1.807) is 7.11 Å². The van der Waals surface area contributed by atoms with E-state index in [9.17, 15) is 10.4 Å². The van der Waals surface area contributed by atoms with Gasteiger partial charge >= 0.3 is 0 Å². The number of hydrogen-bond donors (Lipinski definition) is 1. The molecule has 0 saturated heterocycles. The van der Waals surface area contributed by atoms with Gasteiger partial charge in [-0.2, -0.15) is 5.26 Å². The monoisotopic (exact) mass is 310 g/mol. The molecule has 0 aromatic heterocycles. The zero-order valence-corrected chi connectivity index (χ0v) is 13.7. The van der Waals surface area contributed by atoms with Crippen molar-refractivity contribution in [2.45, 2.75) is 25.1 Å². The summed E-state index contributed by atoms with van der Waals surface area (Å²) in [6, 6.07) is 18.6. The molecule has 1 N–H and O–H groups in total. The third kappa shape index (κ3) is 3.89. The van der Waals surface area contributed by atoms with Gasteiger partial charge in [0, 0.05) is 6.04 Å². The Morgan fingerprint density at radius 3 is 2.17 bits per heavy atom. The van der Waals surface area contributed by atoms with Crippen LogP contribution in [0.25, 0.3) is 0 Å². The van der Waals surface area contributed by atoms with Crippen molar-refractivity contribution in [3.63, 3.8) is 0 Å². The van der Waals surface area contributed by atoms with E-state index in [1.165, 1.54) is 0 Å². The highest BCUT2D eigenvalue weighted by Crippen LogP contribution is 2.28. The maximum atomic E-state index is 10.6. The van der Waals surface area contributed by atoms with Crippen molar-refractivity contribution in [2.75, 3.05) is 14.2 Å². The fourth-order valence-electron chi connectivity index (χ4n) is 2.57. The van der Waals surface area contributed by atoms with Crippen molar-refractivity contribution < 1.29 is 9.84 Å². The highest BCUT2D eigenvalue weighted by molar-refractivity contribution is 5.32. The highest BCUT2D eigenvalue weighted by Gasteiger charge is 2.27. The first-order chi connectivity index (χ1) is 11.1. The van der Waals surface area contributed by atoms with Crippen molar-refractivity contribution in [2.24, 2.45) is 0 Å². The van der Waals surface area contributed by atoms with Crippen LogP contribution in [0.5, 0.6) is 5.75 Å². The van der Waals surface area contributed by atoms with E-state index in [4.69, 9.17) is 4.74 Å². The van der Waals surface area contributed by atoms with Crippen LogP contribution >= 0.6 is 0 Å². The average Bonchev–Trinajstić information content (AvgIpc) is 2.62. The molecular weight excluding hydrogens is 288 g/mol. The van der Waals surface area contributed by atoms with E-state index in [0.29, 0.717) is 0 Å². The molecule has 4 heteroatoms. The van der Waals surface area contributed by atoms with E-state index in [2.05, 4.69) is 6.07 Å². The van der Waals surface area contributed by atoms with Gasteiger partial charge in [-0.3, -0.25) is 4.90 Å². The van der Waals surface area contributed by atoms with Gasteiger partial charge in [-0.1, -0.05) is 42.5 Å². The molecule has 2 rings (SSSR count). The molecular formula is C19H22N2O2. The topological polar surface area (TPSA) is 56.5 Å². The molecule has 2 aromatic carbocycles. The molecule has 0 spiro atoms. The van der Waals surface area contributed by atoms with Crippen LogP contribution in [0.15, 0.2) is 54.6 Å². The zero-order valence-electron chi connectivity index (χ0n) is 13.7. The summed E-state index contributed by atoms with van der Waals surface area (Å²) in [4.78, 5) is 1.89. The number of ether oxygens (including phenoxy) is 1. The van der Waals surface area contributed by atoms with E-state index in [0.717, 1.165) is 16.9 Å². The van der Waals surface area contributed by atoms with Crippen molar-refractivity contribution in [1.82, 2.24) is 4.90 Å². The van der Waals surface area contributed by atoms with Gasteiger partial charge in [-0.05, 0) is 37.2 Å². The Morgan fingerprint density at radius 2 is 1.65 bits per heavy atom. The van der Waals surface area contributed by atoms with Gasteiger partial charge in [-0.15, -0.1) is 0 Å². The summed E-state index contributed by atoms with van der Waals surface area (Å²) in [5, 5.41) is 20.1. The van der Waals surface area contributed by atoms with E-state index in [1.807, 2.05) is 73.5 Å². The first-order valence-corrected chi connectivity index (χ1v) is 7.57. The van der Waals surface area contributed by atoms with Crippen molar-refractivity contribution in [1.29, 1.82) is 5.26 Å². The summed E-state index contributed by atoms with van der Waals surface area (Å²) in [6.45, 7) is 1.92. The molecule has 0 aliphatic rings. The Morgan fingerprint density at radius 1 is 1.04 bits per heavy atom. The second kappa shape index (κ2) is 7.77. The Labute approximate surface area is 137 Å². The van der Waals surface area contributed by atoms with Crippen LogP contribution in [0, 0.1) is 11.3 Å². The number of nitriles is 1. The third-order valence-corrected chi connectivity index (χ3v) is 4.20. The summed E-state index contributed by atoms with van der Waals surface area (Å²) in [6.07, 6.45) is -0.657. The number of likely N-dealkylation sites (N-methyl/N-ethyl adjacent to an activating group) is 1. The first-order valence-electron chi connectivity index (χ1n) is 7.57. The smallest absolute Gasteiger partial charge is 0.123 e. The van der Waals surface area contributed by atoms with Crippen LogP contribution in [-0.2, 0) is 0 Å². The number of aliphatic hydroxyl groups excluding tert-OH is 1. The van der Waals surface area contributed by atoms with E-state index >= 15 is 0 Å². The lowest BCUT2D eigenvalue weighted by Gasteiger charge is -2.32. The molecule has 0 amide bonds. The van der Waals surface area contributed by atoms with Crippen molar-refractivity contribution >= 4 is 0 Å². The molecule has 0 aliphatic heterocycles. The Bertz CT molecular complexity index is 649. The summed E-state index contributed by atoms with van der Waals surface area (Å²) >= 11 is 0. The number of rotatable bonds is 6. The van der Waals surface area contributed by atoms with E-state index in [-0.39, 0.29) is 6.04 Å². The predicted molar refractivity (Wildman–Crippen MR) is 90.0 cm³/mol. The Balaban J connectivity index is 2.18. The van der Waals surface area contributed by atoms with E-state index < -0.39 is 12.1 Å². The quantitative estimate of drug-likeness (QED) is 0.889. The second-order valence-electron chi connectivity index (χ2n) is 5.57. The lowest BCUT2D eigenvalue weighted by Crippen LogP contribution is -2.36. The Hall–Kier alpha value is -2.35. The normalized spacial score (nSPS) is 14.8. The molecule has 23 heavy (non-hydrogen) atoms. The molecule has 120 valence electrons. The molecule has 4 nitrogen and oxygen atoms in total. The van der Waals surface area contributed by atoms with Crippen LogP contribution in [-0.4, -0.2) is 30.2 Å². The lowest BCUT2D eigenvalue weighted by molar-refractivity contribution is 0.0605. The molecule has 0 bridgehead atoms. The van der Waals surface area contributed by atoms with Gasteiger partial charge in [0.15, 0.2) is 0 Å². The fourth-order valence-corrected chi connectivity index (χ4v) is 2.57. The van der Waals surface area contributed by atoms with Gasteiger partial charge < -0.3 is 9.84 Å². The van der Waals surface area contributed by atoms with Crippen LogP contribution < -0.4 is 4.74 Å². The minimum absolute atomic E-state index is 0.204. The van der Waals surface area contributed by atoms with Crippen LogP contribution in [0.2, 0.25) is 0 Å². The van der Waals surface area contributed by atoms with Crippen molar-refractivity contribution in [3.05, 3.63) is 65.7 Å². The Kier molecular flexibility index (Phi) is 5.75. The standard InChI is InChI=1S/C19H22N2O2/c1-14(19(22)16-7-5-4-6-8-16)21(2)18(13-20)15-9-11-17(23-3)12-10-15/h4-12,14,18-19,22H,1-3H3/t14-,18?,19+/m1/s1. The fraction of sp³-hybridized carbons (Fsp3) is 0.316. The maximum Gasteiger partial charge on any atom is 0.123 e. The predicted octanol–water partition coefficient (Wildman–Crippen LogP) is 3.31. The van der Waals surface area contributed by atoms with Crippen molar-refractivity contribution in [3.8, 4) is 11.8 Å². The second-order valence-corrected chi connectivity index (χ2v) is 5.57. The number of aliphatic hydroxyl groups is 1. The summed E-state index contributed by atoms with van der Waals surface area (Å²) < 4.78 is 5.15. The number of methoxy groups -OCH3 is 1. The average molecular weight is 310 g/mol. The SMILES string of the molecule is COc1ccc(C(C#N)N(C)[C@H](C)[C@H](O)c2ccccc2)cc1. The number of nitrogens with zero attached hydrogens (tertiary/aromatic N) is 2. The third-order valence-electron chi connectivity index (χ3n) is 4.20. The molecule has 0 heterocycles. The van der Waals surface area contributed by atoms with Gasteiger partial charge in [-0.25, -0.2) is 0 Å². The van der Waals surface area contributed by atoms with Crippen LogP contribution in [0.4, 0.5) is 0 Å². The first kappa shape index (κ1) is 17.0. The van der Waals surface area contributed by atoms with Crippen LogP contribution in [0.3, 0.4) is 0 Å². The highest BCUT2D eigenvalue weighted by atomic mass is 16.5. The molecule has 0 aliphatic carbocycles. The minimum atomic E-state index is -0.657. The molecule has 2 aromatic rings.